The molecule has 0 spiro atoms. The van der Waals surface area contributed by atoms with Crippen molar-refractivity contribution in [1.29, 1.82) is 0 Å². The van der Waals surface area contributed by atoms with Crippen LogP contribution in [0.25, 0.3) is 0 Å². The smallest absolute Gasteiger partial charge is 0.306 e. The minimum atomic E-state index is -0.146. The highest BCUT2D eigenvalue weighted by atomic mass is 32.1. The van der Waals surface area contributed by atoms with Gasteiger partial charge in [-0.1, -0.05) is 34.6 Å². The number of carbonyl (C=O) groups excluding carboxylic acids is 1. The molecule has 0 aromatic carbocycles. The second-order valence-electron chi connectivity index (χ2n) is 6.04. The van der Waals surface area contributed by atoms with Gasteiger partial charge in [0.2, 0.25) is 0 Å². The number of hydrogen-bond acceptors (Lipinski definition) is 3. The molecule has 0 aromatic rings. The van der Waals surface area contributed by atoms with E-state index in [-0.39, 0.29) is 16.8 Å². The second kappa shape index (κ2) is 5.78. The Balaban J connectivity index is 3.99. The number of hydrogen-bond donors (Lipinski definition) is 1. The molecule has 0 aliphatic heterocycles. The number of carbonyl (C=O) groups is 1. The lowest BCUT2D eigenvalue weighted by Gasteiger charge is -2.31. The van der Waals surface area contributed by atoms with Gasteiger partial charge in [0.05, 0.1) is 13.0 Å². The SMILES string of the molecule is CC(C)(C)CC(C)(C)COC(=O)CCS. The van der Waals surface area contributed by atoms with Gasteiger partial charge in [0.1, 0.15) is 0 Å². The fourth-order valence-electron chi connectivity index (χ4n) is 1.93. The molecular weight excluding hydrogens is 208 g/mol. The summed E-state index contributed by atoms with van der Waals surface area (Å²) in [5.74, 6) is 0.408. The van der Waals surface area contributed by atoms with Gasteiger partial charge in [0, 0.05) is 5.75 Å². The predicted molar refractivity (Wildman–Crippen MR) is 67.3 cm³/mol. The highest BCUT2D eigenvalue weighted by Gasteiger charge is 2.26. The summed E-state index contributed by atoms with van der Waals surface area (Å²) in [5, 5.41) is 0. The summed E-state index contributed by atoms with van der Waals surface area (Å²) in [6.07, 6.45) is 1.43. The zero-order valence-electron chi connectivity index (χ0n) is 10.6. The van der Waals surface area contributed by atoms with Crippen molar-refractivity contribution in [2.45, 2.75) is 47.5 Å². The van der Waals surface area contributed by atoms with Gasteiger partial charge in [-0.25, -0.2) is 0 Å². The van der Waals surface area contributed by atoms with Crippen molar-refractivity contribution >= 4 is 18.6 Å². The average Bonchev–Trinajstić information content (AvgIpc) is 1.97. The maximum atomic E-state index is 11.2. The van der Waals surface area contributed by atoms with Crippen LogP contribution in [-0.4, -0.2) is 18.3 Å². The molecule has 0 amide bonds. The molecule has 90 valence electrons. The molecule has 0 aliphatic rings. The first kappa shape index (κ1) is 14.8. The van der Waals surface area contributed by atoms with Crippen LogP contribution in [0.15, 0.2) is 0 Å². The topological polar surface area (TPSA) is 26.3 Å². The zero-order valence-corrected chi connectivity index (χ0v) is 11.5. The molecule has 0 atom stereocenters. The lowest BCUT2D eigenvalue weighted by Crippen LogP contribution is -2.27. The van der Waals surface area contributed by atoms with E-state index in [0.717, 1.165) is 6.42 Å². The summed E-state index contributed by atoms with van der Waals surface area (Å²) in [6, 6.07) is 0. The van der Waals surface area contributed by atoms with E-state index in [9.17, 15) is 4.79 Å². The molecule has 0 unspecified atom stereocenters. The van der Waals surface area contributed by atoms with E-state index < -0.39 is 0 Å². The van der Waals surface area contributed by atoms with E-state index >= 15 is 0 Å². The monoisotopic (exact) mass is 232 g/mol. The molecule has 15 heavy (non-hydrogen) atoms. The zero-order chi connectivity index (χ0) is 12.1. The fraction of sp³-hybridized carbons (Fsp3) is 0.917. The van der Waals surface area contributed by atoms with Crippen LogP contribution in [0.4, 0.5) is 0 Å². The lowest BCUT2D eigenvalue weighted by atomic mass is 9.77. The molecule has 0 aliphatic carbocycles. The van der Waals surface area contributed by atoms with E-state index in [2.05, 4.69) is 47.2 Å². The molecule has 0 aromatic heterocycles. The molecule has 0 fully saturated rings. The van der Waals surface area contributed by atoms with Gasteiger partial charge in [-0.15, -0.1) is 0 Å². The van der Waals surface area contributed by atoms with Crippen LogP contribution in [-0.2, 0) is 9.53 Å². The molecular formula is C12H24O2S. The summed E-state index contributed by atoms with van der Waals surface area (Å²) >= 11 is 3.99. The molecule has 0 N–H and O–H groups in total. The van der Waals surface area contributed by atoms with Crippen LogP contribution in [0.2, 0.25) is 0 Å². The van der Waals surface area contributed by atoms with E-state index in [1.54, 1.807) is 0 Å². The number of ether oxygens (including phenoxy) is 1. The first-order valence-electron chi connectivity index (χ1n) is 5.43. The second-order valence-corrected chi connectivity index (χ2v) is 6.48. The van der Waals surface area contributed by atoms with Gasteiger partial charge in [-0.2, -0.15) is 12.6 Å². The first-order valence-corrected chi connectivity index (χ1v) is 6.06. The molecule has 0 radical (unpaired) electrons. The van der Waals surface area contributed by atoms with Crippen LogP contribution in [0.3, 0.4) is 0 Å². The van der Waals surface area contributed by atoms with Gasteiger partial charge >= 0.3 is 5.97 Å². The third-order valence-corrected chi connectivity index (χ3v) is 2.17. The minimum Gasteiger partial charge on any atom is -0.465 e. The normalized spacial score (nSPS) is 12.7. The van der Waals surface area contributed by atoms with Crippen molar-refractivity contribution in [2.75, 3.05) is 12.4 Å². The maximum Gasteiger partial charge on any atom is 0.306 e. The van der Waals surface area contributed by atoms with E-state index in [1.165, 1.54) is 0 Å². The molecule has 2 nitrogen and oxygen atoms in total. The standard InChI is InChI=1S/C12H24O2S/c1-11(2,3)8-12(4,5)9-14-10(13)6-7-15/h15H,6-9H2,1-5H3. The maximum absolute atomic E-state index is 11.2. The largest absolute Gasteiger partial charge is 0.465 e. The Morgan fingerprint density at radius 2 is 1.73 bits per heavy atom. The quantitative estimate of drug-likeness (QED) is 0.581. The Kier molecular flexibility index (Phi) is 5.71. The van der Waals surface area contributed by atoms with Crippen molar-refractivity contribution in [3.8, 4) is 0 Å². The number of rotatable bonds is 5. The molecule has 0 bridgehead atoms. The lowest BCUT2D eigenvalue weighted by molar-refractivity contribution is -0.146. The fourth-order valence-corrected chi connectivity index (χ4v) is 2.11. The van der Waals surface area contributed by atoms with Crippen LogP contribution >= 0.6 is 12.6 Å². The van der Waals surface area contributed by atoms with Gasteiger partial charge in [-0.05, 0) is 17.3 Å². The van der Waals surface area contributed by atoms with Crippen LogP contribution in [0.1, 0.15) is 47.5 Å². The first-order chi connectivity index (χ1) is 6.66. The van der Waals surface area contributed by atoms with Crippen molar-refractivity contribution in [3.05, 3.63) is 0 Å². The highest BCUT2D eigenvalue weighted by Crippen LogP contribution is 2.33. The number of esters is 1. The van der Waals surface area contributed by atoms with Gasteiger partial charge in [0.25, 0.3) is 0 Å². The number of thiol groups is 1. The van der Waals surface area contributed by atoms with Crippen molar-refractivity contribution in [1.82, 2.24) is 0 Å². The highest BCUT2D eigenvalue weighted by molar-refractivity contribution is 7.80. The summed E-state index contributed by atoms with van der Waals surface area (Å²) in [5.41, 5.74) is 0.309. The summed E-state index contributed by atoms with van der Waals surface area (Å²) in [7, 11) is 0. The Bertz CT molecular complexity index is 204. The molecule has 3 heteroatoms. The van der Waals surface area contributed by atoms with Crippen LogP contribution in [0.5, 0.6) is 0 Å². The average molecular weight is 232 g/mol. The molecule has 0 saturated heterocycles. The molecule has 0 rings (SSSR count). The Hall–Kier alpha value is -0.180. The van der Waals surface area contributed by atoms with E-state index in [0.29, 0.717) is 18.8 Å². The summed E-state index contributed by atoms with van der Waals surface area (Å²) in [4.78, 5) is 11.2. The third-order valence-electron chi connectivity index (χ3n) is 1.95. The third kappa shape index (κ3) is 8.79. The Morgan fingerprint density at radius 3 is 2.13 bits per heavy atom. The summed E-state index contributed by atoms with van der Waals surface area (Å²) < 4.78 is 5.21. The van der Waals surface area contributed by atoms with E-state index in [4.69, 9.17) is 4.74 Å². The minimum absolute atomic E-state index is 0.0461. The Morgan fingerprint density at radius 1 is 1.20 bits per heavy atom. The van der Waals surface area contributed by atoms with Crippen molar-refractivity contribution in [3.63, 3.8) is 0 Å². The van der Waals surface area contributed by atoms with Gasteiger partial charge in [-0.3, -0.25) is 4.79 Å². The predicted octanol–water partition coefficient (Wildman–Crippen LogP) is 3.31. The van der Waals surface area contributed by atoms with Crippen LogP contribution < -0.4 is 0 Å². The van der Waals surface area contributed by atoms with Crippen molar-refractivity contribution in [2.24, 2.45) is 10.8 Å². The van der Waals surface area contributed by atoms with Gasteiger partial charge < -0.3 is 4.74 Å². The van der Waals surface area contributed by atoms with E-state index in [1.807, 2.05) is 0 Å². The van der Waals surface area contributed by atoms with Crippen LogP contribution in [0, 0.1) is 10.8 Å². The van der Waals surface area contributed by atoms with Gasteiger partial charge in [0.15, 0.2) is 0 Å². The molecule has 0 heterocycles. The summed E-state index contributed by atoms with van der Waals surface area (Å²) in [6.45, 7) is 11.4. The molecule has 0 saturated carbocycles. The Labute approximate surface area is 99.2 Å². The van der Waals surface area contributed by atoms with Crippen molar-refractivity contribution < 1.29 is 9.53 Å².